The predicted octanol–water partition coefficient (Wildman–Crippen LogP) is 4.96. The Kier molecular flexibility index (Phi) is 8.06. The molecule has 1 aromatic carbocycles. The van der Waals surface area contributed by atoms with Crippen LogP contribution in [-0.2, 0) is 4.79 Å². The van der Waals surface area contributed by atoms with E-state index in [4.69, 9.17) is 4.74 Å². The highest BCUT2D eigenvalue weighted by molar-refractivity contribution is 8.18. The van der Waals surface area contributed by atoms with Crippen LogP contribution in [0.3, 0.4) is 0 Å². The van der Waals surface area contributed by atoms with E-state index < -0.39 is 0 Å². The van der Waals surface area contributed by atoms with Crippen LogP contribution in [-0.4, -0.2) is 35.7 Å². The number of benzene rings is 1. The second-order valence-electron chi connectivity index (χ2n) is 5.94. The highest BCUT2D eigenvalue weighted by Crippen LogP contribution is 2.33. The normalized spacial score (nSPS) is 17.7. The summed E-state index contributed by atoms with van der Waals surface area (Å²) in [6, 6.07) is 7.83. The van der Waals surface area contributed by atoms with Crippen molar-refractivity contribution in [3.8, 4) is 5.75 Å². The zero-order chi connectivity index (χ0) is 18.1. The Morgan fingerprint density at radius 1 is 1.12 bits per heavy atom. The molecule has 0 bridgehead atoms. The first kappa shape index (κ1) is 19.6. The van der Waals surface area contributed by atoms with Crippen molar-refractivity contribution in [3.63, 3.8) is 0 Å². The first-order valence-corrected chi connectivity index (χ1v) is 9.99. The summed E-state index contributed by atoms with van der Waals surface area (Å²) < 4.78 is 5.47. The number of hydrogen-bond donors (Lipinski definition) is 0. The van der Waals surface area contributed by atoms with Crippen molar-refractivity contribution in [3.05, 3.63) is 34.7 Å². The van der Waals surface area contributed by atoms with Crippen molar-refractivity contribution in [2.45, 2.75) is 46.5 Å². The van der Waals surface area contributed by atoms with Gasteiger partial charge in [0.15, 0.2) is 5.17 Å². The summed E-state index contributed by atoms with van der Waals surface area (Å²) in [5.41, 5.74) is 1.00. The SMILES string of the molecule is CCCCN=C1S/C(=C\c2ccc(OCC)cc2)C(=O)N1CCCC. The molecule has 0 N–H and O–H groups in total. The number of carbonyl (C=O) groups excluding carboxylic acids is 1. The fourth-order valence-electron chi connectivity index (χ4n) is 2.45. The van der Waals surface area contributed by atoms with Crippen molar-refractivity contribution in [1.29, 1.82) is 0 Å². The fraction of sp³-hybridized carbons (Fsp3) is 0.500. The maximum atomic E-state index is 12.8. The van der Waals surface area contributed by atoms with E-state index in [-0.39, 0.29) is 5.91 Å². The molecule has 0 spiro atoms. The molecule has 0 aromatic heterocycles. The number of amides is 1. The van der Waals surface area contributed by atoms with Gasteiger partial charge in [-0.1, -0.05) is 38.8 Å². The molecule has 0 atom stereocenters. The first-order valence-electron chi connectivity index (χ1n) is 9.18. The van der Waals surface area contributed by atoms with Crippen LogP contribution in [0.15, 0.2) is 34.2 Å². The van der Waals surface area contributed by atoms with Crippen LogP contribution in [0.25, 0.3) is 6.08 Å². The second kappa shape index (κ2) is 10.3. The van der Waals surface area contributed by atoms with Gasteiger partial charge >= 0.3 is 0 Å². The lowest BCUT2D eigenvalue weighted by Gasteiger charge is -2.14. The van der Waals surface area contributed by atoms with Crippen molar-refractivity contribution in [1.82, 2.24) is 4.90 Å². The number of aliphatic imine (C=N–C) groups is 1. The van der Waals surface area contributed by atoms with Gasteiger partial charge in [0.1, 0.15) is 5.75 Å². The maximum Gasteiger partial charge on any atom is 0.266 e. The number of ether oxygens (including phenoxy) is 1. The molecule has 4 nitrogen and oxygen atoms in total. The zero-order valence-electron chi connectivity index (χ0n) is 15.5. The predicted molar refractivity (Wildman–Crippen MR) is 107 cm³/mol. The summed E-state index contributed by atoms with van der Waals surface area (Å²) in [5.74, 6) is 0.920. The lowest BCUT2D eigenvalue weighted by Crippen LogP contribution is -2.30. The molecule has 0 unspecified atom stereocenters. The van der Waals surface area contributed by atoms with E-state index in [1.165, 1.54) is 11.8 Å². The van der Waals surface area contributed by atoms with Crippen LogP contribution in [0.2, 0.25) is 0 Å². The van der Waals surface area contributed by atoms with E-state index in [2.05, 4.69) is 18.8 Å². The topological polar surface area (TPSA) is 41.9 Å². The minimum atomic E-state index is 0.0718. The van der Waals surface area contributed by atoms with Gasteiger partial charge in [-0.15, -0.1) is 0 Å². The Morgan fingerprint density at radius 2 is 1.84 bits per heavy atom. The number of hydrogen-bond acceptors (Lipinski definition) is 4. The molecular weight excluding hydrogens is 332 g/mol. The van der Waals surface area contributed by atoms with Crippen molar-refractivity contribution >= 4 is 28.9 Å². The van der Waals surface area contributed by atoms with Crippen LogP contribution in [0, 0.1) is 0 Å². The van der Waals surface area contributed by atoms with E-state index in [1.807, 2.05) is 42.2 Å². The molecule has 1 amide bonds. The first-order chi connectivity index (χ1) is 12.2. The quantitative estimate of drug-likeness (QED) is 0.462. The Labute approximate surface area is 155 Å². The molecule has 0 aliphatic carbocycles. The van der Waals surface area contributed by atoms with E-state index in [0.717, 1.165) is 60.2 Å². The van der Waals surface area contributed by atoms with Gasteiger partial charge in [-0.3, -0.25) is 14.7 Å². The van der Waals surface area contributed by atoms with Crippen molar-refractivity contribution < 1.29 is 9.53 Å². The van der Waals surface area contributed by atoms with Crippen LogP contribution in [0.1, 0.15) is 52.0 Å². The molecule has 1 fully saturated rings. The lowest BCUT2D eigenvalue weighted by molar-refractivity contribution is -0.122. The smallest absolute Gasteiger partial charge is 0.266 e. The molecule has 0 saturated carbocycles. The summed E-state index contributed by atoms with van der Waals surface area (Å²) in [5, 5.41) is 0.851. The van der Waals surface area contributed by atoms with Crippen LogP contribution < -0.4 is 4.74 Å². The zero-order valence-corrected chi connectivity index (χ0v) is 16.3. The number of carbonyl (C=O) groups is 1. The lowest BCUT2D eigenvalue weighted by atomic mass is 10.2. The summed E-state index contributed by atoms with van der Waals surface area (Å²) in [7, 11) is 0. The van der Waals surface area contributed by atoms with Crippen LogP contribution in [0.4, 0.5) is 0 Å². The number of unbranched alkanes of at least 4 members (excludes halogenated alkanes) is 2. The number of amidine groups is 1. The fourth-order valence-corrected chi connectivity index (χ4v) is 3.48. The number of thioether (sulfide) groups is 1. The average Bonchev–Trinajstić information content (AvgIpc) is 2.90. The minimum absolute atomic E-state index is 0.0718. The Morgan fingerprint density at radius 3 is 2.48 bits per heavy atom. The van der Waals surface area contributed by atoms with Gasteiger partial charge in [0.25, 0.3) is 5.91 Å². The molecule has 5 heteroatoms. The van der Waals surface area contributed by atoms with Gasteiger partial charge in [-0.05, 0) is 55.3 Å². The molecule has 1 aliphatic heterocycles. The highest BCUT2D eigenvalue weighted by Gasteiger charge is 2.32. The molecular formula is C20H28N2O2S. The molecule has 1 aliphatic rings. The Balaban J connectivity index is 2.16. The maximum absolute atomic E-state index is 12.8. The Bertz CT molecular complexity index is 623. The van der Waals surface area contributed by atoms with Gasteiger partial charge in [0, 0.05) is 13.1 Å². The largest absolute Gasteiger partial charge is 0.494 e. The molecule has 1 aromatic rings. The van der Waals surface area contributed by atoms with E-state index >= 15 is 0 Å². The third-order valence-corrected chi connectivity index (χ3v) is 4.92. The molecule has 1 saturated heterocycles. The molecule has 1 heterocycles. The summed E-state index contributed by atoms with van der Waals surface area (Å²) in [6.45, 7) is 8.43. The monoisotopic (exact) mass is 360 g/mol. The average molecular weight is 361 g/mol. The third kappa shape index (κ3) is 5.63. The van der Waals surface area contributed by atoms with Gasteiger partial charge in [-0.25, -0.2) is 0 Å². The number of rotatable bonds is 9. The summed E-state index contributed by atoms with van der Waals surface area (Å²) >= 11 is 1.49. The van der Waals surface area contributed by atoms with E-state index in [1.54, 1.807) is 0 Å². The van der Waals surface area contributed by atoms with Crippen molar-refractivity contribution in [2.24, 2.45) is 4.99 Å². The molecule has 136 valence electrons. The summed E-state index contributed by atoms with van der Waals surface area (Å²) in [4.78, 5) is 20.0. The van der Waals surface area contributed by atoms with Gasteiger partial charge in [0.2, 0.25) is 0 Å². The second-order valence-corrected chi connectivity index (χ2v) is 6.95. The van der Waals surface area contributed by atoms with E-state index in [0.29, 0.717) is 6.61 Å². The molecule has 25 heavy (non-hydrogen) atoms. The summed E-state index contributed by atoms with van der Waals surface area (Å²) in [6.07, 6.45) is 6.17. The number of nitrogens with zero attached hydrogens (tertiary/aromatic N) is 2. The Hall–Kier alpha value is -1.75. The van der Waals surface area contributed by atoms with Gasteiger partial charge in [-0.2, -0.15) is 0 Å². The minimum Gasteiger partial charge on any atom is -0.494 e. The highest BCUT2D eigenvalue weighted by atomic mass is 32.2. The van der Waals surface area contributed by atoms with E-state index in [9.17, 15) is 4.79 Å². The standard InChI is InChI=1S/C20H28N2O2S/c1-4-7-13-21-20-22(14-8-5-2)19(23)18(25-20)15-16-9-11-17(12-10-16)24-6-3/h9-12,15H,4-8,13-14H2,1-3H3/b18-15-,21-20?. The van der Waals surface area contributed by atoms with Crippen LogP contribution >= 0.6 is 11.8 Å². The third-order valence-electron chi connectivity index (χ3n) is 3.87. The molecule has 0 radical (unpaired) electrons. The van der Waals surface area contributed by atoms with Crippen LogP contribution in [0.5, 0.6) is 5.75 Å². The molecule has 2 rings (SSSR count). The van der Waals surface area contributed by atoms with Crippen molar-refractivity contribution in [2.75, 3.05) is 19.7 Å². The van der Waals surface area contributed by atoms with Gasteiger partial charge < -0.3 is 4.74 Å². The van der Waals surface area contributed by atoms with Gasteiger partial charge in [0.05, 0.1) is 11.5 Å².